The zero-order chi connectivity index (χ0) is 15.1. The van der Waals surface area contributed by atoms with E-state index in [1.54, 1.807) is 19.9 Å². The van der Waals surface area contributed by atoms with Crippen molar-refractivity contribution in [2.45, 2.75) is 25.9 Å². The number of hydrogen-bond acceptors (Lipinski definition) is 3. The number of aromatic nitrogens is 1. The highest BCUT2D eigenvalue weighted by atomic mass is 19.1. The van der Waals surface area contributed by atoms with Crippen molar-refractivity contribution in [3.8, 4) is 0 Å². The van der Waals surface area contributed by atoms with Crippen LogP contribution in [0.25, 0.3) is 0 Å². The van der Waals surface area contributed by atoms with E-state index in [-0.39, 0.29) is 18.5 Å². The molecule has 108 valence electrons. The summed E-state index contributed by atoms with van der Waals surface area (Å²) in [6, 6.07) is 1.64. The first-order chi connectivity index (χ1) is 9.24. The predicted octanol–water partition coefficient (Wildman–Crippen LogP) is 0.631. The summed E-state index contributed by atoms with van der Waals surface area (Å²) in [6.45, 7) is 2.75. The van der Waals surface area contributed by atoms with Gasteiger partial charge in [0, 0.05) is 18.7 Å². The fourth-order valence-corrected chi connectivity index (χ4v) is 2.40. The molecular weight excluding hydrogens is 267 g/mol. The number of nitrogens with one attached hydrogen (secondary N) is 1. The summed E-state index contributed by atoms with van der Waals surface area (Å²) in [5, 5.41) is 8.81. The van der Waals surface area contributed by atoms with Gasteiger partial charge in [0.2, 0.25) is 5.67 Å². The van der Waals surface area contributed by atoms with Gasteiger partial charge < -0.3 is 15.0 Å². The second-order valence-electron chi connectivity index (χ2n) is 5.09. The molecule has 1 unspecified atom stereocenters. The highest BCUT2D eigenvalue weighted by molar-refractivity contribution is 5.96. The molecule has 0 aromatic carbocycles. The minimum Gasteiger partial charge on any atom is -0.479 e. The molecule has 0 aliphatic carbocycles. The summed E-state index contributed by atoms with van der Waals surface area (Å²) in [5.74, 6) is -2.22. The lowest BCUT2D eigenvalue weighted by atomic mass is 10.1. The molecule has 1 aliphatic heterocycles. The van der Waals surface area contributed by atoms with Crippen molar-refractivity contribution >= 4 is 11.9 Å². The molecule has 1 aliphatic rings. The molecule has 2 N–H and O–H groups in total. The Hall–Kier alpha value is -2.18. The second kappa shape index (κ2) is 4.73. The number of rotatable bonds is 2. The average molecular weight is 282 g/mol. The van der Waals surface area contributed by atoms with Crippen LogP contribution >= 0.6 is 0 Å². The summed E-state index contributed by atoms with van der Waals surface area (Å²) >= 11 is 0. The Balaban J connectivity index is 2.31. The molecule has 1 aromatic rings. The third kappa shape index (κ3) is 2.31. The van der Waals surface area contributed by atoms with Gasteiger partial charge in [-0.2, -0.15) is 0 Å². The van der Waals surface area contributed by atoms with Crippen molar-refractivity contribution in [2.24, 2.45) is 0 Å². The number of pyridine rings is 1. The van der Waals surface area contributed by atoms with Crippen molar-refractivity contribution in [3.63, 3.8) is 0 Å². The van der Waals surface area contributed by atoms with Crippen LogP contribution in [0.3, 0.4) is 0 Å². The number of nitrogens with zero attached hydrogens (tertiary/aromatic N) is 1. The number of carboxylic acid groups (broad SMARTS) is 1. The molecule has 1 saturated heterocycles. The zero-order valence-electron chi connectivity index (χ0n) is 11.2. The number of likely N-dealkylation sites (tertiary alicyclic amines) is 1. The second-order valence-corrected chi connectivity index (χ2v) is 5.09. The van der Waals surface area contributed by atoms with Crippen molar-refractivity contribution in [3.05, 3.63) is 33.2 Å². The minimum absolute atomic E-state index is 0.0195. The Morgan fingerprint density at radius 1 is 1.45 bits per heavy atom. The van der Waals surface area contributed by atoms with Gasteiger partial charge in [-0.3, -0.25) is 9.59 Å². The molecule has 0 radical (unpaired) electrons. The lowest BCUT2D eigenvalue weighted by molar-refractivity contribution is -0.149. The molecule has 20 heavy (non-hydrogen) atoms. The number of amides is 1. The van der Waals surface area contributed by atoms with E-state index in [1.165, 1.54) is 0 Å². The van der Waals surface area contributed by atoms with E-state index in [1.807, 2.05) is 0 Å². The molecule has 0 bridgehead atoms. The van der Waals surface area contributed by atoms with Crippen molar-refractivity contribution < 1.29 is 19.1 Å². The van der Waals surface area contributed by atoms with E-state index in [9.17, 15) is 18.8 Å². The van der Waals surface area contributed by atoms with Crippen LogP contribution in [0, 0.1) is 13.8 Å². The van der Waals surface area contributed by atoms with E-state index in [4.69, 9.17) is 5.11 Å². The number of carboxylic acids is 1. The topological polar surface area (TPSA) is 90.5 Å². The maximum atomic E-state index is 13.9. The van der Waals surface area contributed by atoms with Crippen molar-refractivity contribution in [1.82, 2.24) is 9.88 Å². The van der Waals surface area contributed by atoms with E-state index in [0.29, 0.717) is 11.3 Å². The lowest BCUT2D eigenvalue weighted by Gasteiger charge is -2.18. The van der Waals surface area contributed by atoms with Crippen molar-refractivity contribution in [2.75, 3.05) is 13.1 Å². The summed E-state index contributed by atoms with van der Waals surface area (Å²) in [7, 11) is 0. The average Bonchev–Trinajstić information content (AvgIpc) is 2.72. The summed E-state index contributed by atoms with van der Waals surface area (Å²) in [4.78, 5) is 38.5. The molecule has 2 heterocycles. The normalized spacial score (nSPS) is 22.1. The monoisotopic (exact) mass is 282 g/mol. The SMILES string of the molecule is Cc1cc(C)c(C(=O)N2CCC(F)(C(=O)O)C2)c(=O)[nH]1. The van der Waals surface area contributed by atoms with Crippen LogP contribution in [-0.2, 0) is 4.79 Å². The number of H-pyrrole nitrogens is 1. The number of carbonyl (C=O) groups is 2. The molecule has 0 spiro atoms. The molecule has 6 nitrogen and oxygen atoms in total. The van der Waals surface area contributed by atoms with Gasteiger partial charge in [0.25, 0.3) is 11.5 Å². The zero-order valence-corrected chi connectivity index (χ0v) is 11.2. The largest absolute Gasteiger partial charge is 0.479 e. The number of carbonyl (C=O) groups excluding carboxylic acids is 1. The van der Waals surface area contributed by atoms with E-state index in [0.717, 1.165) is 4.90 Å². The van der Waals surface area contributed by atoms with Gasteiger partial charge in [-0.25, -0.2) is 9.18 Å². The molecule has 1 fully saturated rings. The van der Waals surface area contributed by atoms with Gasteiger partial charge in [-0.15, -0.1) is 0 Å². The molecule has 1 aromatic heterocycles. The third-order valence-electron chi connectivity index (χ3n) is 3.47. The number of hydrogen-bond donors (Lipinski definition) is 2. The van der Waals surface area contributed by atoms with Gasteiger partial charge in [0.1, 0.15) is 5.56 Å². The van der Waals surface area contributed by atoms with Crippen LogP contribution in [0.2, 0.25) is 0 Å². The summed E-state index contributed by atoms with van der Waals surface area (Å²) < 4.78 is 13.9. The fraction of sp³-hybridized carbons (Fsp3) is 0.462. The van der Waals surface area contributed by atoms with Gasteiger partial charge >= 0.3 is 5.97 Å². The molecule has 0 saturated carbocycles. The van der Waals surface area contributed by atoms with Crippen LogP contribution in [0.15, 0.2) is 10.9 Å². The van der Waals surface area contributed by atoms with Gasteiger partial charge in [0.05, 0.1) is 6.54 Å². The molecule has 1 amide bonds. The molecule has 2 rings (SSSR count). The van der Waals surface area contributed by atoms with Gasteiger partial charge in [-0.05, 0) is 25.5 Å². The Labute approximate surface area is 114 Å². The number of aromatic amines is 1. The Morgan fingerprint density at radius 2 is 2.10 bits per heavy atom. The molecular formula is C13H15FN2O4. The Bertz CT molecular complexity index is 640. The number of halogens is 1. The van der Waals surface area contributed by atoms with E-state index < -0.39 is 29.6 Å². The maximum Gasteiger partial charge on any atom is 0.343 e. The quantitative estimate of drug-likeness (QED) is 0.832. The first-order valence-corrected chi connectivity index (χ1v) is 6.17. The van der Waals surface area contributed by atoms with Crippen LogP contribution in [0.1, 0.15) is 28.0 Å². The molecule has 1 atom stereocenters. The van der Waals surface area contributed by atoms with Crippen LogP contribution in [0.5, 0.6) is 0 Å². The lowest BCUT2D eigenvalue weighted by Crippen LogP contribution is -2.40. The first-order valence-electron chi connectivity index (χ1n) is 6.17. The van der Waals surface area contributed by atoms with Crippen molar-refractivity contribution in [1.29, 1.82) is 0 Å². The van der Waals surface area contributed by atoms with E-state index in [2.05, 4.69) is 4.98 Å². The third-order valence-corrected chi connectivity index (χ3v) is 3.47. The number of alkyl halides is 1. The standard InChI is InChI=1S/C13H15FN2O4/c1-7-5-8(2)15-10(17)9(7)11(18)16-4-3-13(14,6-16)12(19)20/h5H,3-4,6H2,1-2H3,(H,15,17)(H,19,20). The predicted molar refractivity (Wildman–Crippen MR) is 68.5 cm³/mol. The number of aryl methyl sites for hydroxylation is 2. The highest BCUT2D eigenvalue weighted by Gasteiger charge is 2.47. The van der Waals surface area contributed by atoms with Gasteiger partial charge in [-0.1, -0.05) is 0 Å². The minimum atomic E-state index is -2.43. The van der Waals surface area contributed by atoms with Crippen LogP contribution < -0.4 is 5.56 Å². The molecule has 7 heteroatoms. The van der Waals surface area contributed by atoms with Crippen LogP contribution in [0.4, 0.5) is 4.39 Å². The maximum absolute atomic E-state index is 13.9. The number of aliphatic carboxylic acids is 1. The smallest absolute Gasteiger partial charge is 0.343 e. The first kappa shape index (κ1) is 14.2. The summed E-state index contributed by atoms with van der Waals surface area (Å²) in [6.07, 6.45) is -0.267. The van der Waals surface area contributed by atoms with E-state index >= 15 is 0 Å². The Kier molecular flexibility index (Phi) is 3.37. The van der Waals surface area contributed by atoms with Crippen LogP contribution in [-0.4, -0.2) is 45.6 Å². The van der Waals surface area contributed by atoms with Gasteiger partial charge in [0.15, 0.2) is 0 Å². The fourth-order valence-electron chi connectivity index (χ4n) is 2.40. The Morgan fingerprint density at radius 3 is 2.60 bits per heavy atom. The summed E-state index contributed by atoms with van der Waals surface area (Å²) in [5.41, 5.74) is -1.93. The highest BCUT2D eigenvalue weighted by Crippen LogP contribution is 2.27.